The van der Waals surface area contributed by atoms with E-state index in [1.54, 1.807) is 24.4 Å². The summed E-state index contributed by atoms with van der Waals surface area (Å²) in [5, 5.41) is 5.39. The van der Waals surface area contributed by atoms with Gasteiger partial charge in [-0.15, -0.1) is 11.3 Å². The summed E-state index contributed by atoms with van der Waals surface area (Å²) < 4.78 is 31.5. The summed E-state index contributed by atoms with van der Waals surface area (Å²) in [6.45, 7) is 2.05. The molecular formula is C10H13N3O3S2. The first kappa shape index (κ1) is 13.2. The van der Waals surface area contributed by atoms with Gasteiger partial charge in [-0.2, -0.15) is 0 Å². The van der Waals surface area contributed by atoms with Crippen molar-refractivity contribution < 1.29 is 12.9 Å². The van der Waals surface area contributed by atoms with E-state index in [4.69, 9.17) is 10.3 Å². The molecule has 2 rings (SSSR count). The number of sulfonamides is 1. The Hall–Kier alpha value is -1.22. The van der Waals surface area contributed by atoms with Crippen LogP contribution in [0.4, 0.5) is 0 Å². The van der Waals surface area contributed by atoms with E-state index in [0.717, 1.165) is 0 Å². The summed E-state index contributed by atoms with van der Waals surface area (Å²) >= 11 is 1.32. The summed E-state index contributed by atoms with van der Waals surface area (Å²) in [7, 11) is -3.56. The Morgan fingerprint density at radius 1 is 1.56 bits per heavy atom. The number of nitrogens with zero attached hydrogens (tertiary/aromatic N) is 1. The third-order valence-electron chi connectivity index (χ3n) is 2.29. The molecule has 0 aliphatic carbocycles. The first-order valence-electron chi connectivity index (χ1n) is 5.21. The average molecular weight is 287 g/mol. The third kappa shape index (κ3) is 2.78. The van der Waals surface area contributed by atoms with Crippen LogP contribution in [0.5, 0.6) is 0 Å². The summed E-state index contributed by atoms with van der Waals surface area (Å²) in [6.07, 6.45) is 0. The van der Waals surface area contributed by atoms with Crippen molar-refractivity contribution in [2.24, 2.45) is 5.73 Å². The Morgan fingerprint density at radius 3 is 2.94 bits per heavy atom. The fraction of sp³-hybridized carbons (Fsp3) is 0.300. The van der Waals surface area contributed by atoms with E-state index in [1.165, 1.54) is 11.3 Å². The van der Waals surface area contributed by atoms with E-state index in [0.29, 0.717) is 16.3 Å². The third-order valence-corrected chi connectivity index (χ3v) is 4.85. The zero-order valence-electron chi connectivity index (χ0n) is 9.71. The van der Waals surface area contributed by atoms with Crippen LogP contribution in [0.25, 0.3) is 0 Å². The van der Waals surface area contributed by atoms with Gasteiger partial charge in [0, 0.05) is 17.5 Å². The highest BCUT2D eigenvalue weighted by Crippen LogP contribution is 2.21. The summed E-state index contributed by atoms with van der Waals surface area (Å²) in [4.78, 5) is 0.863. The molecule has 98 valence electrons. The minimum atomic E-state index is -3.56. The van der Waals surface area contributed by atoms with Crippen LogP contribution in [0.1, 0.15) is 16.3 Å². The molecule has 6 nitrogen and oxygen atoms in total. The molecule has 0 saturated carbocycles. The summed E-state index contributed by atoms with van der Waals surface area (Å²) in [5.74, 6) is 0.473. The number of aryl methyl sites for hydroxylation is 1. The summed E-state index contributed by atoms with van der Waals surface area (Å²) in [6, 6.07) is 3.22. The second kappa shape index (κ2) is 5.19. The van der Waals surface area contributed by atoms with Crippen LogP contribution < -0.4 is 10.5 Å². The molecule has 0 spiro atoms. The number of nitrogens with one attached hydrogen (secondary N) is 1. The molecule has 8 heteroatoms. The fourth-order valence-electron chi connectivity index (χ4n) is 1.46. The van der Waals surface area contributed by atoms with Gasteiger partial charge in [0.25, 0.3) is 0 Å². The Balaban J connectivity index is 2.13. The smallest absolute Gasteiger partial charge is 0.242 e. The Morgan fingerprint density at radius 2 is 2.33 bits per heavy atom. The zero-order valence-corrected chi connectivity index (χ0v) is 11.3. The molecule has 0 radical (unpaired) electrons. The molecule has 0 fully saturated rings. The summed E-state index contributed by atoms with van der Waals surface area (Å²) in [5.41, 5.74) is 6.20. The topological polar surface area (TPSA) is 98.2 Å². The molecule has 0 aromatic carbocycles. The van der Waals surface area contributed by atoms with E-state index < -0.39 is 10.0 Å². The highest BCUT2D eigenvalue weighted by atomic mass is 32.2. The van der Waals surface area contributed by atoms with Crippen LogP contribution in [0.15, 0.2) is 26.9 Å². The maximum absolute atomic E-state index is 12.0. The van der Waals surface area contributed by atoms with Gasteiger partial charge < -0.3 is 10.3 Å². The standard InChI is InChI=1S/C10H13N3O3S2/c1-7-4-8(16-13-7)6-12-18(14,15)10-2-3-17-9(10)5-11/h2-4,12H,5-6,11H2,1H3. The SMILES string of the molecule is Cc1cc(CNS(=O)(=O)c2ccsc2CN)on1. The number of hydrogen-bond acceptors (Lipinski definition) is 6. The monoisotopic (exact) mass is 287 g/mol. The molecule has 2 heterocycles. The van der Waals surface area contributed by atoms with E-state index in [-0.39, 0.29) is 18.0 Å². The highest BCUT2D eigenvalue weighted by molar-refractivity contribution is 7.89. The van der Waals surface area contributed by atoms with E-state index in [2.05, 4.69) is 9.88 Å². The molecule has 0 saturated heterocycles. The zero-order chi connectivity index (χ0) is 13.2. The predicted octanol–water partition coefficient (Wildman–Crippen LogP) is 0.982. The van der Waals surface area contributed by atoms with Gasteiger partial charge in [0.1, 0.15) is 0 Å². The Labute approximate surface area is 109 Å². The Kier molecular flexibility index (Phi) is 3.81. The molecule has 18 heavy (non-hydrogen) atoms. The fourth-order valence-corrected chi connectivity index (χ4v) is 3.79. The minimum absolute atomic E-state index is 0.0725. The lowest BCUT2D eigenvalue weighted by Gasteiger charge is -2.04. The second-order valence-corrected chi connectivity index (χ2v) is 6.41. The van der Waals surface area contributed by atoms with E-state index in [1.807, 2.05) is 0 Å². The van der Waals surface area contributed by atoms with E-state index >= 15 is 0 Å². The van der Waals surface area contributed by atoms with Gasteiger partial charge in [0.2, 0.25) is 10.0 Å². The van der Waals surface area contributed by atoms with Crippen molar-refractivity contribution in [3.8, 4) is 0 Å². The van der Waals surface area contributed by atoms with Gasteiger partial charge in [0.15, 0.2) is 5.76 Å². The van der Waals surface area contributed by atoms with Crippen molar-refractivity contribution >= 4 is 21.4 Å². The first-order valence-corrected chi connectivity index (χ1v) is 7.57. The molecule has 3 N–H and O–H groups in total. The lowest BCUT2D eigenvalue weighted by atomic mass is 10.4. The molecule has 0 atom stereocenters. The van der Waals surface area contributed by atoms with Crippen molar-refractivity contribution in [3.05, 3.63) is 33.8 Å². The molecule has 0 unspecified atom stereocenters. The predicted molar refractivity (Wildman–Crippen MR) is 67.5 cm³/mol. The molecule has 2 aromatic rings. The van der Waals surface area contributed by atoms with Crippen LogP contribution >= 0.6 is 11.3 Å². The van der Waals surface area contributed by atoms with E-state index in [9.17, 15) is 8.42 Å². The van der Waals surface area contributed by atoms with Crippen LogP contribution in [0.3, 0.4) is 0 Å². The van der Waals surface area contributed by atoms with Crippen molar-refractivity contribution in [2.75, 3.05) is 0 Å². The van der Waals surface area contributed by atoms with Gasteiger partial charge in [-0.25, -0.2) is 13.1 Å². The quantitative estimate of drug-likeness (QED) is 0.854. The largest absolute Gasteiger partial charge is 0.360 e. The lowest BCUT2D eigenvalue weighted by molar-refractivity contribution is 0.377. The molecule has 2 aromatic heterocycles. The molecular weight excluding hydrogens is 274 g/mol. The molecule has 0 aliphatic rings. The normalized spacial score (nSPS) is 11.9. The van der Waals surface area contributed by atoms with Gasteiger partial charge in [-0.3, -0.25) is 0 Å². The van der Waals surface area contributed by atoms with Gasteiger partial charge in [-0.05, 0) is 18.4 Å². The maximum Gasteiger partial charge on any atom is 0.242 e. The van der Waals surface area contributed by atoms with Crippen LogP contribution in [0, 0.1) is 6.92 Å². The van der Waals surface area contributed by atoms with Crippen molar-refractivity contribution in [1.82, 2.24) is 9.88 Å². The van der Waals surface area contributed by atoms with Gasteiger partial charge in [0.05, 0.1) is 17.1 Å². The number of nitrogens with two attached hydrogens (primary N) is 1. The highest BCUT2D eigenvalue weighted by Gasteiger charge is 2.19. The Bertz CT molecular complexity index is 630. The second-order valence-electron chi connectivity index (χ2n) is 3.67. The van der Waals surface area contributed by atoms with Crippen molar-refractivity contribution in [1.29, 1.82) is 0 Å². The molecule has 0 bridgehead atoms. The number of thiophene rings is 1. The lowest BCUT2D eigenvalue weighted by Crippen LogP contribution is -2.23. The van der Waals surface area contributed by atoms with Crippen LogP contribution in [0.2, 0.25) is 0 Å². The number of rotatable bonds is 5. The maximum atomic E-state index is 12.0. The van der Waals surface area contributed by atoms with Gasteiger partial charge >= 0.3 is 0 Å². The van der Waals surface area contributed by atoms with Crippen LogP contribution in [-0.4, -0.2) is 13.6 Å². The molecule has 0 amide bonds. The molecule has 0 aliphatic heterocycles. The van der Waals surface area contributed by atoms with Gasteiger partial charge in [-0.1, -0.05) is 5.16 Å². The van der Waals surface area contributed by atoms with Crippen molar-refractivity contribution in [3.63, 3.8) is 0 Å². The number of aromatic nitrogens is 1. The first-order chi connectivity index (χ1) is 8.53. The average Bonchev–Trinajstić information content (AvgIpc) is 2.95. The van der Waals surface area contributed by atoms with Crippen LogP contribution in [-0.2, 0) is 23.1 Å². The van der Waals surface area contributed by atoms with Crippen molar-refractivity contribution in [2.45, 2.75) is 24.9 Å². The number of hydrogen-bond donors (Lipinski definition) is 2. The minimum Gasteiger partial charge on any atom is -0.360 e.